The second kappa shape index (κ2) is 6.77. The van der Waals surface area contributed by atoms with Gasteiger partial charge in [0.2, 0.25) is 5.89 Å². The predicted octanol–water partition coefficient (Wildman–Crippen LogP) is 2.69. The van der Waals surface area contributed by atoms with Crippen molar-refractivity contribution in [3.63, 3.8) is 0 Å². The molecule has 0 spiro atoms. The molecule has 1 N–H and O–H groups in total. The Morgan fingerprint density at radius 2 is 2.29 bits per heavy atom. The number of halogens is 1. The Morgan fingerprint density at radius 3 is 2.86 bits per heavy atom. The molecule has 0 aliphatic heterocycles. The number of thioether (sulfide) groups is 1. The number of rotatable bonds is 5. The molecule has 0 aliphatic carbocycles. The molecular weight excluding hydrogens is 360 g/mol. The van der Waals surface area contributed by atoms with Gasteiger partial charge < -0.3 is 14.6 Å². The van der Waals surface area contributed by atoms with Gasteiger partial charge in [-0.25, -0.2) is 4.79 Å². The number of nitrogens with zero attached hydrogens (tertiary/aromatic N) is 2. The minimum Gasteiger partial charge on any atom is -0.872 e. The highest BCUT2D eigenvalue weighted by Crippen LogP contribution is 2.29. The Morgan fingerprint density at radius 1 is 1.52 bits per heavy atom. The average molecular weight is 370 g/mol. The fraction of sp³-hybridized carbons (Fsp3) is 0.154. The summed E-state index contributed by atoms with van der Waals surface area (Å²) in [4.78, 5) is 11.3. The van der Waals surface area contributed by atoms with Crippen molar-refractivity contribution < 1.29 is 19.4 Å². The van der Waals surface area contributed by atoms with E-state index >= 15 is 0 Å². The lowest BCUT2D eigenvalue weighted by molar-refractivity contribution is -0.269. The maximum absolute atomic E-state index is 11.3. The molecule has 0 atom stereocenters. The molecule has 8 heteroatoms. The van der Waals surface area contributed by atoms with E-state index < -0.39 is 5.97 Å². The number of aromatic nitrogens is 2. The minimum atomic E-state index is -1.11. The number of aliphatic carboxylic acids is 1. The Balaban J connectivity index is 2.27. The van der Waals surface area contributed by atoms with Gasteiger partial charge in [0.05, 0.1) is 0 Å². The van der Waals surface area contributed by atoms with Crippen LogP contribution in [0, 0.1) is 0 Å². The molecule has 0 amide bonds. The highest BCUT2D eigenvalue weighted by atomic mass is 79.9. The zero-order valence-electron chi connectivity index (χ0n) is 10.9. The van der Waals surface area contributed by atoms with E-state index in [9.17, 15) is 15.0 Å². The third kappa shape index (κ3) is 4.08. The average Bonchev–Trinajstić information content (AvgIpc) is 2.90. The van der Waals surface area contributed by atoms with Gasteiger partial charge in [-0.3, -0.25) is 0 Å². The van der Waals surface area contributed by atoms with Crippen LogP contribution in [-0.2, 0) is 11.2 Å². The summed E-state index contributed by atoms with van der Waals surface area (Å²) in [6, 6.07) is 4.46. The third-order valence-corrected chi connectivity index (χ3v) is 3.88. The molecule has 0 saturated carbocycles. The van der Waals surface area contributed by atoms with Gasteiger partial charge in [-0.2, -0.15) is 0 Å². The Hall–Kier alpha value is -1.80. The summed E-state index contributed by atoms with van der Waals surface area (Å²) in [7, 11) is 0. The van der Waals surface area contributed by atoms with E-state index in [-0.39, 0.29) is 15.9 Å². The van der Waals surface area contributed by atoms with Crippen molar-refractivity contribution in [1.29, 1.82) is 0 Å². The molecule has 2 rings (SSSR count). The van der Waals surface area contributed by atoms with Crippen LogP contribution in [0.1, 0.15) is 18.4 Å². The molecule has 2 aromatic rings. The molecule has 1 aromatic heterocycles. The maximum atomic E-state index is 11.3. The highest BCUT2D eigenvalue weighted by molar-refractivity contribution is 9.10. The lowest BCUT2D eigenvalue weighted by Gasteiger charge is -2.08. The minimum absolute atomic E-state index is 0.0202. The molecule has 0 unspecified atom stereocenters. The van der Waals surface area contributed by atoms with Gasteiger partial charge in [-0.05, 0) is 29.5 Å². The number of hydrogen-bond acceptors (Lipinski definition) is 6. The second-order valence-corrected chi connectivity index (χ2v) is 5.77. The summed E-state index contributed by atoms with van der Waals surface area (Å²) in [6.07, 6.45) is 2.02. The number of carboxylic acid groups (broad SMARTS) is 1. The molecule has 1 heterocycles. The Bertz CT molecular complexity index is 699. The first kappa shape index (κ1) is 15.6. The van der Waals surface area contributed by atoms with Gasteiger partial charge in [-0.1, -0.05) is 40.7 Å². The smallest absolute Gasteiger partial charge is 0.342 e. The van der Waals surface area contributed by atoms with Crippen molar-refractivity contribution in [1.82, 2.24) is 10.2 Å². The van der Waals surface area contributed by atoms with Crippen LogP contribution < -0.4 is 5.11 Å². The van der Waals surface area contributed by atoms with E-state index in [1.807, 2.05) is 6.92 Å². The molecule has 0 saturated heterocycles. The predicted molar refractivity (Wildman–Crippen MR) is 78.7 cm³/mol. The van der Waals surface area contributed by atoms with Crippen LogP contribution in [0.2, 0.25) is 0 Å². The summed E-state index contributed by atoms with van der Waals surface area (Å²) in [5, 5.41) is 28.2. The van der Waals surface area contributed by atoms with Crippen LogP contribution in [0.25, 0.3) is 6.08 Å². The van der Waals surface area contributed by atoms with E-state index in [1.54, 1.807) is 12.1 Å². The van der Waals surface area contributed by atoms with Crippen LogP contribution in [-0.4, -0.2) is 21.3 Å². The van der Waals surface area contributed by atoms with Crippen LogP contribution in [0.4, 0.5) is 0 Å². The van der Waals surface area contributed by atoms with Crippen LogP contribution in [0.5, 0.6) is 5.75 Å². The summed E-state index contributed by atoms with van der Waals surface area (Å²) in [6.45, 7) is 1.86. The Kier molecular flexibility index (Phi) is 5.03. The fourth-order valence-corrected chi connectivity index (χ4v) is 2.50. The largest absolute Gasteiger partial charge is 0.872 e. The first-order chi connectivity index (χ1) is 9.99. The summed E-state index contributed by atoms with van der Waals surface area (Å²) in [5.74, 6) is -0.833. The van der Waals surface area contributed by atoms with E-state index in [0.717, 1.165) is 11.8 Å². The molecule has 0 radical (unpaired) electrons. The van der Waals surface area contributed by atoms with Gasteiger partial charge in [0.15, 0.2) is 0 Å². The Labute approximate surface area is 133 Å². The highest BCUT2D eigenvalue weighted by Gasteiger charge is 2.14. The molecule has 21 heavy (non-hydrogen) atoms. The number of carbonyl (C=O) groups is 1. The van der Waals surface area contributed by atoms with Gasteiger partial charge in [-0.15, -0.1) is 10.2 Å². The SMILES string of the molecule is CCc1nnc(S/C(=C\c2ccc([O-])c(Br)c2)C(=O)O)o1. The monoisotopic (exact) mass is 369 g/mol. The number of hydrogen-bond donors (Lipinski definition) is 1. The number of carboxylic acids is 1. The van der Waals surface area contributed by atoms with Crippen LogP contribution in [0.15, 0.2) is 37.2 Å². The first-order valence-electron chi connectivity index (χ1n) is 5.91. The summed E-state index contributed by atoms with van der Waals surface area (Å²) < 4.78 is 5.64. The number of benzene rings is 1. The van der Waals surface area contributed by atoms with E-state index in [2.05, 4.69) is 26.1 Å². The normalized spacial score (nSPS) is 11.6. The standard InChI is InChI=1S/C13H11BrN2O4S/c1-2-11-15-16-13(20-11)21-10(12(18)19)6-7-3-4-9(17)8(14)5-7/h3-6,17H,2H2,1H3,(H,18,19)/p-1/b10-6-. The quantitative estimate of drug-likeness (QED) is 0.638. The number of aryl methyl sites for hydroxylation is 1. The molecule has 110 valence electrons. The molecule has 0 bridgehead atoms. The van der Waals surface area contributed by atoms with Crippen molar-refractivity contribution in [3.05, 3.63) is 39.0 Å². The first-order valence-corrected chi connectivity index (χ1v) is 7.52. The fourth-order valence-electron chi connectivity index (χ4n) is 1.41. The third-order valence-electron chi connectivity index (χ3n) is 2.41. The van der Waals surface area contributed by atoms with Gasteiger partial charge >= 0.3 is 5.97 Å². The van der Waals surface area contributed by atoms with E-state index in [0.29, 0.717) is 22.3 Å². The maximum Gasteiger partial charge on any atom is 0.342 e. The van der Waals surface area contributed by atoms with Crippen molar-refractivity contribution >= 4 is 39.7 Å². The lowest BCUT2D eigenvalue weighted by atomic mass is 10.2. The molecule has 0 aliphatic rings. The summed E-state index contributed by atoms with van der Waals surface area (Å²) in [5.41, 5.74) is 0.585. The van der Waals surface area contributed by atoms with Crippen molar-refractivity contribution in [2.45, 2.75) is 18.6 Å². The van der Waals surface area contributed by atoms with Gasteiger partial charge in [0.25, 0.3) is 5.22 Å². The van der Waals surface area contributed by atoms with Crippen molar-refractivity contribution in [2.24, 2.45) is 0 Å². The van der Waals surface area contributed by atoms with Crippen LogP contribution >= 0.6 is 27.7 Å². The molecule has 6 nitrogen and oxygen atoms in total. The van der Waals surface area contributed by atoms with E-state index in [1.165, 1.54) is 12.1 Å². The van der Waals surface area contributed by atoms with Crippen molar-refractivity contribution in [2.75, 3.05) is 0 Å². The molecule has 1 aromatic carbocycles. The zero-order valence-corrected chi connectivity index (χ0v) is 13.3. The van der Waals surface area contributed by atoms with Gasteiger partial charge in [0, 0.05) is 10.9 Å². The topological polar surface area (TPSA) is 99.3 Å². The second-order valence-electron chi connectivity index (χ2n) is 3.92. The van der Waals surface area contributed by atoms with Gasteiger partial charge in [0.1, 0.15) is 4.91 Å². The van der Waals surface area contributed by atoms with Crippen LogP contribution in [0.3, 0.4) is 0 Å². The molecular formula is C13H10BrN2O4S-. The lowest BCUT2D eigenvalue weighted by Crippen LogP contribution is -1.97. The van der Waals surface area contributed by atoms with Crippen molar-refractivity contribution in [3.8, 4) is 5.75 Å². The van der Waals surface area contributed by atoms with E-state index in [4.69, 9.17) is 4.42 Å². The zero-order chi connectivity index (χ0) is 15.4. The summed E-state index contributed by atoms with van der Waals surface area (Å²) >= 11 is 3.98. The molecule has 0 fully saturated rings.